The van der Waals surface area contributed by atoms with Gasteiger partial charge in [0.25, 0.3) is 0 Å². The molecule has 6 nitrogen and oxygen atoms in total. The first-order valence-corrected chi connectivity index (χ1v) is 37.2. The number of halogens is 6. The highest BCUT2D eigenvalue weighted by molar-refractivity contribution is 7.00. The lowest BCUT2D eigenvalue weighted by molar-refractivity contribution is -0.138. The van der Waals surface area contributed by atoms with E-state index in [-0.39, 0.29) is 0 Å². The number of para-hydroxylation sites is 2. The van der Waals surface area contributed by atoms with Gasteiger partial charge in [0.1, 0.15) is 11.0 Å². The van der Waals surface area contributed by atoms with Gasteiger partial charge in [-0.3, -0.25) is 0 Å². The molecule has 0 spiro atoms. The van der Waals surface area contributed by atoms with E-state index >= 15 is 0 Å². The summed E-state index contributed by atoms with van der Waals surface area (Å²) < 4.78 is 99.4. The van der Waals surface area contributed by atoms with Crippen LogP contribution in [0.25, 0.3) is 171 Å². The van der Waals surface area contributed by atoms with E-state index in [1.807, 2.05) is 48.5 Å². The molecule has 0 aliphatic carbocycles. The van der Waals surface area contributed by atoms with Gasteiger partial charge >= 0.3 is 12.4 Å². The maximum absolute atomic E-state index is 13.7. The number of alkyl halides is 6. The molecule has 0 bridgehead atoms. The van der Waals surface area contributed by atoms with Crippen LogP contribution in [0.15, 0.2) is 364 Å². The largest absolute Gasteiger partial charge is 0.416 e. The topological polar surface area (TPSA) is 43.8 Å². The average Bonchev–Trinajstić information content (AvgIpc) is 1.59. The number of rotatable bonds is 13. The van der Waals surface area contributed by atoms with Crippen molar-refractivity contribution < 1.29 is 26.3 Å². The minimum absolute atomic E-state index is 0.599. The molecule has 13 heteroatoms. The Bertz CT molecular complexity index is 6610. The molecule has 16 aromatic carbocycles. The second-order valence-electron chi connectivity index (χ2n) is 28.0. The first-order chi connectivity index (χ1) is 54.3. The fourth-order valence-corrected chi connectivity index (χ4v) is 16.8. The average molecular weight is 1470 g/mol. The lowest BCUT2D eigenvalue weighted by atomic mass is 9.99. The molecule has 0 aliphatic heterocycles. The molecule has 0 unspecified atom stereocenters. The van der Waals surface area contributed by atoms with Crippen molar-refractivity contribution in [3.63, 3.8) is 0 Å². The summed E-state index contributed by atoms with van der Waals surface area (Å²) in [5.74, 6) is 0. The first kappa shape index (κ1) is 66.5. The zero-order chi connectivity index (χ0) is 74.6. The van der Waals surface area contributed by atoms with Crippen LogP contribution in [0.4, 0.5) is 43.4 Å². The zero-order valence-electron chi connectivity index (χ0n) is 59.0. The van der Waals surface area contributed by atoms with Crippen LogP contribution in [0, 0.1) is 0 Å². The van der Waals surface area contributed by atoms with E-state index in [2.05, 4.69) is 286 Å². The van der Waals surface area contributed by atoms with Gasteiger partial charge in [-0.25, -0.2) is 0 Å². The summed E-state index contributed by atoms with van der Waals surface area (Å²) in [7, 11) is 0. The van der Waals surface area contributed by atoms with Crippen molar-refractivity contribution in [3.05, 3.63) is 375 Å². The predicted octanol–water partition coefficient (Wildman–Crippen LogP) is 28.2. The van der Waals surface area contributed by atoms with Crippen LogP contribution in [0.1, 0.15) is 11.1 Å². The first-order valence-electron chi connectivity index (χ1n) is 36.5. The lowest BCUT2D eigenvalue weighted by Crippen LogP contribution is -2.10. The predicted molar refractivity (Wildman–Crippen MR) is 443 cm³/mol. The van der Waals surface area contributed by atoms with E-state index in [1.165, 1.54) is 46.2 Å². The minimum atomic E-state index is -4.50. The Labute approximate surface area is 637 Å². The second-order valence-corrected chi connectivity index (χ2v) is 28.5. The van der Waals surface area contributed by atoms with Crippen LogP contribution in [0.5, 0.6) is 0 Å². The summed E-state index contributed by atoms with van der Waals surface area (Å²) in [6, 6.07) is 121. The van der Waals surface area contributed by atoms with Gasteiger partial charge in [0.15, 0.2) is 0 Å². The summed E-state index contributed by atoms with van der Waals surface area (Å²) >= 11 is 1.16. The standard InChI is InChI=1S/C98H60F6N6S/c99-97(100,101)74-37-19-65(20-38-74)72-35-54-92-86(59-72)87-60-73(66-21-39-75(40-22-66)98(102,103)104)36-55-93(87)110(92)80-49-31-69(32-50-80)81-51-56-94(96-95(81)105-111-106-96)107(76-41-27-67(28-42-76)70-33-52-90-84(57-70)82-15-7-9-17-88(82)108(90)78-45-23-63(24-46-78)61-11-3-1-4-12-61)77-43-29-68(30-44-77)71-34-53-91-85(58-71)83-16-8-10-18-89(83)109(91)79-47-25-64(26-48-79)62-13-5-2-6-14-62/h1-60H. The number of aromatic nitrogens is 5. The summed E-state index contributed by atoms with van der Waals surface area (Å²) in [6.45, 7) is 0. The molecule has 0 fully saturated rings. The maximum atomic E-state index is 13.7. The van der Waals surface area contributed by atoms with E-state index < -0.39 is 23.5 Å². The third-order valence-electron chi connectivity index (χ3n) is 21.7. The van der Waals surface area contributed by atoms with Crippen molar-refractivity contribution in [2.45, 2.75) is 12.4 Å². The van der Waals surface area contributed by atoms with Crippen LogP contribution in [0.2, 0.25) is 0 Å². The van der Waals surface area contributed by atoms with Crippen molar-refractivity contribution in [1.29, 1.82) is 0 Å². The fourth-order valence-electron chi connectivity index (χ4n) is 16.2. The van der Waals surface area contributed by atoms with Gasteiger partial charge in [-0.2, -0.15) is 35.1 Å². The van der Waals surface area contributed by atoms with E-state index in [1.54, 1.807) is 0 Å². The van der Waals surface area contributed by atoms with Gasteiger partial charge in [-0.15, -0.1) is 0 Å². The number of nitrogens with zero attached hydrogens (tertiary/aromatic N) is 6. The molecule has 20 aromatic rings. The van der Waals surface area contributed by atoms with E-state index in [9.17, 15) is 26.3 Å². The van der Waals surface area contributed by atoms with Crippen molar-refractivity contribution in [1.82, 2.24) is 22.4 Å². The van der Waals surface area contributed by atoms with Gasteiger partial charge in [-0.1, -0.05) is 206 Å². The number of fused-ring (bicyclic) bond motifs is 10. The normalized spacial score (nSPS) is 12.1. The monoisotopic (exact) mass is 1470 g/mol. The molecule has 4 aromatic heterocycles. The highest BCUT2D eigenvalue weighted by Crippen LogP contribution is 2.46. The van der Waals surface area contributed by atoms with Crippen LogP contribution in [-0.4, -0.2) is 22.4 Å². The van der Waals surface area contributed by atoms with Gasteiger partial charge < -0.3 is 18.6 Å². The quantitative estimate of drug-likeness (QED) is 0.108. The second kappa shape index (κ2) is 26.5. The number of hydrogen-bond acceptors (Lipinski definition) is 4. The van der Waals surface area contributed by atoms with Gasteiger partial charge in [0, 0.05) is 66.3 Å². The van der Waals surface area contributed by atoms with E-state index in [0.717, 1.165) is 180 Å². The molecular weight excluding hydrogens is 1410 g/mol. The Morgan fingerprint density at radius 3 is 0.883 bits per heavy atom. The minimum Gasteiger partial charge on any atom is -0.309 e. The van der Waals surface area contributed by atoms with Crippen molar-refractivity contribution in [3.8, 4) is 95.0 Å². The van der Waals surface area contributed by atoms with Crippen LogP contribution >= 0.6 is 11.7 Å². The summed E-state index contributed by atoms with van der Waals surface area (Å²) in [4.78, 5) is 2.26. The molecule has 20 rings (SSSR count). The fraction of sp³-hybridized carbons (Fsp3) is 0.0204. The lowest BCUT2D eigenvalue weighted by Gasteiger charge is -2.26. The third kappa shape index (κ3) is 11.8. The smallest absolute Gasteiger partial charge is 0.309 e. The highest BCUT2D eigenvalue weighted by Gasteiger charge is 2.32. The van der Waals surface area contributed by atoms with E-state index in [0.29, 0.717) is 22.3 Å². The van der Waals surface area contributed by atoms with Crippen molar-refractivity contribution in [2.24, 2.45) is 0 Å². The summed E-state index contributed by atoms with van der Waals surface area (Å²) in [5.41, 5.74) is 25.2. The highest BCUT2D eigenvalue weighted by atomic mass is 32.1. The third-order valence-corrected chi connectivity index (χ3v) is 22.2. The Morgan fingerprint density at radius 1 is 0.234 bits per heavy atom. The number of benzene rings is 16. The number of anilines is 3. The van der Waals surface area contributed by atoms with Gasteiger partial charge in [0.05, 0.1) is 61.6 Å². The molecule has 0 N–H and O–H groups in total. The van der Waals surface area contributed by atoms with Crippen LogP contribution in [0.3, 0.4) is 0 Å². The molecule has 0 saturated heterocycles. The molecule has 0 atom stereocenters. The van der Waals surface area contributed by atoms with Crippen LogP contribution < -0.4 is 4.90 Å². The molecule has 0 radical (unpaired) electrons. The van der Waals surface area contributed by atoms with Crippen molar-refractivity contribution in [2.75, 3.05) is 4.90 Å². The number of hydrogen-bond donors (Lipinski definition) is 0. The molecule has 0 saturated carbocycles. The Balaban J connectivity index is 0.668. The molecule has 4 heterocycles. The maximum Gasteiger partial charge on any atom is 0.416 e. The zero-order valence-corrected chi connectivity index (χ0v) is 59.8. The molecule has 111 heavy (non-hydrogen) atoms. The Morgan fingerprint density at radius 2 is 0.514 bits per heavy atom. The Kier molecular flexibility index (Phi) is 15.9. The molecule has 530 valence electrons. The SMILES string of the molecule is FC(F)(F)c1ccc(-c2ccc3c(c2)c2cc(-c4ccc(C(F)(F)F)cc4)ccc2n3-c2ccc(-c3ccc(N(c4ccc(-c5ccc6c(c5)c5ccccc5n6-c5ccc(-c6ccccc6)cc5)cc4)c4ccc(-c5ccc6c(c5)c5ccccc5n6-c5ccc(-c6ccccc6)cc5)cc4)c4nsnc34)cc2)cc1. The van der Waals surface area contributed by atoms with Gasteiger partial charge in [-0.05, 0) is 230 Å². The summed E-state index contributed by atoms with van der Waals surface area (Å²) in [6.07, 6.45) is -8.99. The van der Waals surface area contributed by atoms with Gasteiger partial charge in [0.2, 0.25) is 0 Å². The molecule has 0 aliphatic rings. The summed E-state index contributed by atoms with van der Waals surface area (Å²) in [5, 5.41) is 6.28. The van der Waals surface area contributed by atoms with E-state index in [4.69, 9.17) is 8.75 Å². The van der Waals surface area contributed by atoms with Crippen LogP contribution in [-0.2, 0) is 12.4 Å². The molecule has 0 amide bonds. The van der Waals surface area contributed by atoms with Crippen molar-refractivity contribution >= 4 is 105 Å². The Hall–Kier alpha value is -13.9. The molecular formula is C98H60F6N6S.